The number of carboxylic acid groups (broad SMARTS) is 2. The molecule has 1 fully saturated rings. The zero-order valence-corrected chi connectivity index (χ0v) is 31.5. The first-order chi connectivity index (χ1) is 27.4. The molecule has 1 aliphatic heterocycles. The molecule has 2 heterocycles. The van der Waals surface area contributed by atoms with E-state index in [1.807, 2.05) is 24.3 Å². The molecule has 23 heteroatoms. The summed E-state index contributed by atoms with van der Waals surface area (Å²) in [5.41, 5.74) is 29.0. The van der Waals surface area contributed by atoms with Gasteiger partial charge in [0.05, 0.1) is 18.9 Å². The number of H-pyrrole nitrogens is 1. The highest BCUT2D eigenvalue weighted by Gasteiger charge is 2.40. The lowest BCUT2D eigenvalue weighted by Gasteiger charge is -2.30. The van der Waals surface area contributed by atoms with Gasteiger partial charge >= 0.3 is 11.9 Å². The summed E-state index contributed by atoms with van der Waals surface area (Å²) in [6.45, 7) is 0.0122. The first-order valence-corrected chi connectivity index (χ1v) is 18.3. The second kappa shape index (κ2) is 21.5. The molecule has 23 nitrogen and oxygen atoms in total. The van der Waals surface area contributed by atoms with Crippen LogP contribution in [0.25, 0.3) is 10.9 Å². The molecule has 58 heavy (non-hydrogen) atoms. The number of hydrogen-bond donors (Lipinski definition) is 12. The number of rotatable bonds is 23. The molecule has 0 spiro atoms. The number of carboxylic acids is 2. The number of amides is 7. The van der Waals surface area contributed by atoms with Gasteiger partial charge in [-0.25, -0.2) is 4.79 Å². The van der Waals surface area contributed by atoms with Crippen molar-refractivity contribution in [1.29, 1.82) is 0 Å². The Morgan fingerprint density at radius 3 is 2.10 bits per heavy atom. The van der Waals surface area contributed by atoms with E-state index in [1.54, 1.807) is 6.20 Å². The fourth-order valence-electron chi connectivity index (χ4n) is 6.33. The van der Waals surface area contributed by atoms with Crippen LogP contribution in [-0.2, 0) is 49.6 Å². The number of para-hydroxylation sites is 1. The molecule has 0 unspecified atom stereocenters. The van der Waals surface area contributed by atoms with E-state index in [0.717, 1.165) is 21.4 Å². The number of nitrogens with zero attached hydrogens (tertiary/aromatic N) is 2. The van der Waals surface area contributed by atoms with E-state index in [-0.39, 0.29) is 44.7 Å². The average Bonchev–Trinajstić information content (AvgIpc) is 3.80. The Bertz CT molecular complexity index is 1900. The number of fused-ring (bicyclic) bond motifs is 1. The minimum Gasteiger partial charge on any atom is -0.481 e. The van der Waals surface area contributed by atoms with E-state index in [2.05, 4.69) is 31.2 Å². The molecule has 0 radical (unpaired) electrons. The normalized spacial score (nSPS) is 16.2. The van der Waals surface area contributed by atoms with Crippen LogP contribution in [0.3, 0.4) is 0 Å². The van der Waals surface area contributed by atoms with Crippen LogP contribution >= 0.6 is 0 Å². The summed E-state index contributed by atoms with van der Waals surface area (Å²) in [4.78, 5) is 122. The third-order valence-corrected chi connectivity index (χ3v) is 9.19. The van der Waals surface area contributed by atoms with Crippen LogP contribution in [0, 0.1) is 0 Å². The van der Waals surface area contributed by atoms with Crippen LogP contribution < -0.4 is 49.9 Å². The number of hydrogen-bond acceptors (Lipinski definition) is 11. The Morgan fingerprint density at radius 1 is 0.810 bits per heavy atom. The van der Waals surface area contributed by atoms with Crippen molar-refractivity contribution >= 4 is 70.2 Å². The predicted molar refractivity (Wildman–Crippen MR) is 204 cm³/mol. The van der Waals surface area contributed by atoms with Gasteiger partial charge in [0, 0.05) is 36.6 Å². The number of primary amides is 2. The van der Waals surface area contributed by atoms with Crippen LogP contribution in [-0.4, -0.2) is 129 Å². The summed E-state index contributed by atoms with van der Waals surface area (Å²) >= 11 is 0. The molecule has 17 N–H and O–H groups in total. The summed E-state index contributed by atoms with van der Waals surface area (Å²) in [7, 11) is 0. The van der Waals surface area contributed by atoms with Crippen molar-refractivity contribution in [2.75, 3.05) is 13.1 Å². The van der Waals surface area contributed by atoms with Crippen molar-refractivity contribution in [2.24, 2.45) is 33.7 Å². The first kappa shape index (κ1) is 45.6. The lowest BCUT2D eigenvalue weighted by Crippen LogP contribution is -2.59. The second-order valence-electron chi connectivity index (χ2n) is 13.7. The topological polar surface area (TPSA) is 404 Å². The van der Waals surface area contributed by atoms with Crippen molar-refractivity contribution in [3.63, 3.8) is 0 Å². The van der Waals surface area contributed by atoms with Gasteiger partial charge in [0.25, 0.3) is 0 Å². The summed E-state index contributed by atoms with van der Waals surface area (Å²) in [6.07, 6.45) is -0.358. The number of nitrogens with one attached hydrogen (secondary N) is 5. The number of aromatic amines is 1. The fourth-order valence-corrected chi connectivity index (χ4v) is 6.33. The van der Waals surface area contributed by atoms with Crippen LogP contribution in [0.4, 0.5) is 0 Å². The molecule has 0 aliphatic carbocycles. The van der Waals surface area contributed by atoms with Crippen LogP contribution in [0.5, 0.6) is 0 Å². The molecule has 3 rings (SSSR count). The Morgan fingerprint density at radius 2 is 1.47 bits per heavy atom. The van der Waals surface area contributed by atoms with E-state index in [1.165, 1.54) is 0 Å². The lowest BCUT2D eigenvalue weighted by molar-refractivity contribution is -0.144. The maximum Gasteiger partial charge on any atom is 0.326 e. The second-order valence-corrected chi connectivity index (χ2v) is 13.7. The number of likely N-dealkylation sites (tertiary alicyclic amines) is 1. The Labute approximate surface area is 331 Å². The van der Waals surface area contributed by atoms with Crippen molar-refractivity contribution in [3.05, 3.63) is 36.0 Å². The minimum atomic E-state index is -1.84. The number of guanidine groups is 1. The van der Waals surface area contributed by atoms with Crippen LogP contribution in [0.2, 0.25) is 0 Å². The largest absolute Gasteiger partial charge is 0.481 e. The fraction of sp³-hybridized carbons (Fsp3) is 0.486. The van der Waals surface area contributed by atoms with E-state index in [0.29, 0.717) is 6.42 Å². The number of aromatic nitrogens is 1. The summed E-state index contributed by atoms with van der Waals surface area (Å²) in [5.74, 6) is -9.83. The highest BCUT2D eigenvalue weighted by Crippen LogP contribution is 2.21. The van der Waals surface area contributed by atoms with Gasteiger partial charge in [-0.05, 0) is 50.2 Å². The van der Waals surface area contributed by atoms with Gasteiger partial charge in [-0.1, -0.05) is 18.2 Å². The SMILES string of the molecule is NC(=O)CC[C@H](NC(=O)[C@H](CC(=O)O)NC(=O)[C@H](CCCN=C(N)N)NC(=O)[C@@H]1CCCN1C(=O)[C@H](CC(N)=O)NC(=O)[C@@H](N)Cc1c[nH]c2ccccc12)C(=O)O. The molecular weight excluding hydrogens is 764 g/mol. The van der Waals surface area contributed by atoms with Gasteiger partial charge in [-0.3, -0.25) is 43.3 Å². The summed E-state index contributed by atoms with van der Waals surface area (Å²) < 4.78 is 0. The Kier molecular flexibility index (Phi) is 16.9. The van der Waals surface area contributed by atoms with Gasteiger partial charge < -0.3 is 70.0 Å². The van der Waals surface area contributed by atoms with Gasteiger partial charge in [0.1, 0.15) is 30.2 Å². The van der Waals surface area contributed by atoms with Gasteiger partial charge in [0.15, 0.2) is 5.96 Å². The monoisotopic (exact) mass is 814 g/mol. The standard InChI is InChI=1S/C35H50N12O11/c36-19(13-17-16-42-20-6-2-1-5-18(17)20)29(52)46-24(14-27(38)49)33(56)47-12-4-8-25(47)32(55)43-21(7-3-11-41-35(39)40)30(53)45-23(15-28(50)51)31(54)44-22(34(57)58)9-10-26(37)48/h1-2,5-6,16,19,21-25,42H,3-4,7-15,36H2,(H2,37,48)(H2,38,49)(H,43,55)(H,44,54)(H,45,53)(H,46,52)(H,50,51)(H,57,58)(H4,39,40,41)/t19-,21-,22-,23-,24-,25-/m0/s1. The van der Waals surface area contributed by atoms with E-state index in [4.69, 9.17) is 28.7 Å². The van der Waals surface area contributed by atoms with Crippen molar-refractivity contribution in [2.45, 2.75) is 94.0 Å². The molecule has 2 aromatic rings. The minimum absolute atomic E-state index is 0.00778. The number of aliphatic imine (C=N–C) groups is 1. The number of nitrogens with two attached hydrogens (primary N) is 5. The third-order valence-electron chi connectivity index (χ3n) is 9.19. The molecular formula is C35H50N12O11. The Hall–Kier alpha value is -6.78. The van der Waals surface area contributed by atoms with Crippen molar-refractivity contribution in [3.8, 4) is 0 Å². The summed E-state index contributed by atoms with van der Waals surface area (Å²) in [6, 6.07) is -1.48. The number of carbonyl (C=O) groups is 9. The quantitative estimate of drug-likeness (QED) is 0.0287. The zero-order valence-electron chi connectivity index (χ0n) is 31.5. The van der Waals surface area contributed by atoms with E-state index in [9.17, 15) is 53.4 Å². The smallest absolute Gasteiger partial charge is 0.326 e. The lowest BCUT2D eigenvalue weighted by atomic mass is 10.0. The highest BCUT2D eigenvalue weighted by atomic mass is 16.4. The van der Waals surface area contributed by atoms with Crippen molar-refractivity contribution in [1.82, 2.24) is 31.2 Å². The third kappa shape index (κ3) is 13.8. The maximum absolute atomic E-state index is 13.9. The van der Waals surface area contributed by atoms with Gasteiger partial charge in [-0.15, -0.1) is 0 Å². The molecule has 316 valence electrons. The highest BCUT2D eigenvalue weighted by molar-refractivity contribution is 5.98. The maximum atomic E-state index is 13.9. The van der Waals surface area contributed by atoms with Gasteiger partial charge in [-0.2, -0.15) is 0 Å². The predicted octanol–water partition coefficient (Wildman–Crippen LogP) is -4.28. The molecule has 1 aromatic heterocycles. The van der Waals surface area contributed by atoms with Crippen molar-refractivity contribution < 1.29 is 53.4 Å². The molecule has 1 saturated heterocycles. The molecule has 6 atom stereocenters. The molecule has 1 aromatic carbocycles. The first-order valence-electron chi connectivity index (χ1n) is 18.3. The van der Waals surface area contributed by atoms with Crippen LogP contribution in [0.15, 0.2) is 35.5 Å². The average molecular weight is 815 g/mol. The Balaban J connectivity index is 1.78. The molecule has 0 bridgehead atoms. The zero-order chi connectivity index (χ0) is 43.1. The van der Waals surface area contributed by atoms with Gasteiger partial charge in [0.2, 0.25) is 41.4 Å². The summed E-state index contributed by atoms with van der Waals surface area (Å²) in [5, 5.41) is 29.1. The number of aliphatic carboxylic acids is 2. The molecule has 7 amide bonds. The van der Waals surface area contributed by atoms with E-state index >= 15 is 0 Å². The number of benzene rings is 1. The van der Waals surface area contributed by atoms with E-state index < -0.39 is 115 Å². The van der Waals surface area contributed by atoms with Crippen LogP contribution in [0.1, 0.15) is 56.9 Å². The molecule has 0 saturated carbocycles. The number of carbonyl (C=O) groups excluding carboxylic acids is 7. The molecule has 1 aliphatic rings.